The van der Waals surface area contributed by atoms with Crippen LogP contribution in [0.3, 0.4) is 0 Å². The summed E-state index contributed by atoms with van der Waals surface area (Å²) in [5.41, 5.74) is 0.529. The molecule has 0 radical (unpaired) electrons. The Balaban J connectivity index is 1.41. The van der Waals surface area contributed by atoms with E-state index in [1.165, 1.54) is 18.2 Å². The van der Waals surface area contributed by atoms with Crippen molar-refractivity contribution in [3.63, 3.8) is 0 Å². The Morgan fingerprint density at radius 1 is 1.10 bits per heavy atom. The van der Waals surface area contributed by atoms with Crippen LogP contribution in [-0.4, -0.2) is 15.4 Å². The van der Waals surface area contributed by atoms with Gasteiger partial charge in [-0.3, -0.25) is 4.68 Å². The van der Waals surface area contributed by atoms with Crippen LogP contribution in [0.1, 0.15) is 37.9 Å². The molecule has 4 rings (SSSR count). The molecule has 0 saturated carbocycles. The minimum Gasteiger partial charge on any atom is -0.308 e. The van der Waals surface area contributed by atoms with Crippen LogP contribution in [0.25, 0.3) is 5.69 Å². The molecular weight excluding hydrogens is 412 g/mol. The van der Waals surface area contributed by atoms with Gasteiger partial charge in [0.05, 0.1) is 23.1 Å². The second-order valence-electron chi connectivity index (χ2n) is 7.70. The predicted molar refractivity (Wildman–Crippen MR) is 110 cm³/mol. The Kier molecular flexibility index (Phi) is 5.07. The summed E-state index contributed by atoms with van der Waals surface area (Å²) < 4.78 is 57.6. The van der Waals surface area contributed by atoms with Crippen LogP contribution in [0.5, 0.6) is 0 Å². The molecule has 1 aromatic heterocycles. The lowest BCUT2D eigenvalue weighted by Crippen LogP contribution is -2.22. The Hall–Kier alpha value is -3.23. The Morgan fingerprint density at radius 3 is 2.42 bits per heavy atom. The molecule has 0 spiro atoms. The number of urea groups is 1. The lowest BCUT2D eigenvalue weighted by atomic mass is 9.99. The number of anilines is 2. The van der Waals surface area contributed by atoms with Gasteiger partial charge in [0.1, 0.15) is 5.69 Å². The van der Waals surface area contributed by atoms with E-state index in [1.807, 2.05) is 13.8 Å². The number of benzene rings is 2. The van der Waals surface area contributed by atoms with Crippen molar-refractivity contribution in [1.29, 1.82) is 0 Å². The van der Waals surface area contributed by atoms with Gasteiger partial charge in [-0.05, 0) is 42.8 Å². The molecule has 0 bridgehead atoms. The number of para-hydroxylation sites is 1. The molecule has 0 saturated heterocycles. The molecule has 164 valence electrons. The third kappa shape index (κ3) is 3.68. The lowest BCUT2D eigenvalue weighted by molar-refractivity contribution is -0.136. The van der Waals surface area contributed by atoms with Crippen molar-refractivity contribution in [3.05, 3.63) is 66.0 Å². The number of hydrogen-bond acceptors (Lipinski definition) is 1. The average molecular weight is 434 g/mol. The Bertz CT molecular complexity index is 1100. The van der Waals surface area contributed by atoms with Gasteiger partial charge < -0.3 is 10.6 Å². The van der Waals surface area contributed by atoms with Crippen LogP contribution in [0.15, 0.2) is 54.7 Å². The number of aromatic nitrogens is 2. The predicted octanol–water partition coefficient (Wildman–Crippen LogP) is 6.36. The molecule has 31 heavy (non-hydrogen) atoms. The van der Waals surface area contributed by atoms with E-state index in [0.717, 1.165) is 24.6 Å². The van der Waals surface area contributed by atoms with Gasteiger partial charge in [0.15, 0.2) is 0 Å². The second kappa shape index (κ2) is 7.47. The fraction of sp³-hybridized carbons (Fsp3) is 0.318. The van der Waals surface area contributed by atoms with Crippen molar-refractivity contribution in [2.75, 3.05) is 10.6 Å². The SMILES string of the molecule is CCCC(C)C1(F)c2cn(-c3ccc(NC(=O)Nc4ccccc4C(F)(F)F)cc3)n21. The molecule has 0 aliphatic carbocycles. The van der Waals surface area contributed by atoms with Crippen LogP contribution in [0.4, 0.5) is 33.7 Å². The van der Waals surface area contributed by atoms with Crippen LogP contribution in [-0.2, 0) is 12.0 Å². The van der Waals surface area contributed by atoms with Crippen LogP contribution >= 0.6 is 0 Å². The third-order valence-corrected chi connectivity index (χ3v) is 5.55. The number of alkyl halides is 4. The summed E-state index contributed by atoms with van der Waals surface area (Å²) in [7, 11) is 0. The summed E-state index contributed by atoms with van der Waals surface area (Å²) in [6, 6.07) is 10.6. The summed E-state index contributed by atoms with van der Waals surface area (Å²) in [4.78, 5) is 12.2. The summed E-state index contributed by atoms with van der Waals surface area (Å²) in [6.45, 7) is 3.92. The minimum absolute atomic E-state index is 0.113. The summed E-state index contributed by atoms with van der Waals surface area (Å²) >= 11 is 0. The van der Waals surface area contributed by atoms with E-state index in [9.17, 15) is 18.0 Å². The van der Waals surface area contributed by atoms with Crippen molar-refractivity contribution >= 4 is 17.4 Å². The van der Waals surface area contributed by atoms with Crippen molar-refractivity contribution in [2.24, 2.45) is 5.92 Å². The van der Waals surface area contributed by atoms with E-state index in [4.69, 9.17) is 0 Å². The first-order valence-electron chi connectivity index (χ1n) is 10.0. The van der Waals surface area contributed by atoms with Gasteiger partial charge in [0, 0.05) is 11.6 Å². The van der Waals surface area contributed by atoms with Crippen molar-refractivity contribution in [2.45, 2.75) is 38.7 Å². The molecule has 1 aliphatic heterocycles. The fourth-order valence-electron chi connectivity index (χ4n) is 3.88. The largest absolute Gasteiger partial charge is 0.418 e. The highest BCUT2D eigenvalue weighted by atomic mass is 19.4. The van der Waals surface area contributed by atoms with Gasteiger partial charge in [-0.25, -0.2) is 13.9 Å². The number of carbonyl (C=O) groups is 1. The number of rotatable bonds is 6. The normalized spacial score (nSPS) is 18.4. The number of halogens is 4. The van der Waals surface area contributed by atoms with Gasteiger partial charge in [-0.1, -0.05) is 32.4 Å². The maximum atomic E-state index is 15.1. The van der Waals surface area contributed by atoms with Crippen LogP contribution in [0, 0.1) is 5.92 Å². The van der Waals surface area contributed by atoms with Crippen molar-refractivity contribution in [1.82, 2.24) is 9.36 Å². The first-order valence-corrected chi connectivity index (χ1v) is 10.0. The molecular formula is C22H22F4N4O. The molecule has 2 amide bonds. The zero-order valence-electron chi connectivity index (χ0n) is 17.0. The van der Waals surface area contributed by atoms with Crippen molar-refractivity contribution < 1.29 is 22.4 Å². The first-order chi connectivity index (χ1) is 14.7. The minimum atomic E-state index is -4.58. The number of amides is 2. The number of nitrogens with zero attached hydrogens (tertiary/aromatic N) is 2. The van der Waals surface area contributed by atoms with Gasteiger partial charge >= 0.3 is 12.2 Å². The molecule has 0 fully saturated rings. The Morgan fingerprint density at radius 2 is 1.77 bits per heavy atom. The molecule has 5 nitrogen and oxygen atoms in total. The van der Waals surface area contributed by atoms with E-state index in [1.54, 1.807) is 39.8 Å². The quantitative estimate of drug-likeness (QED) is 0.436. The molecule has 2 N–H and O–H groups in total. The highest BCUT2D eigenvalue weighted by Gasteiger charge is 2.60. The van der Waals surface area contributed by atoms with Gasteiger partial charge in [-0.2, -0.15) is 13.2 Å². The monoisotopic (exact) mass is 434 g/mol. The molecule has 9 heteroatoms. The maximum absolute atomic E-state index is 15.1. The third-order valence-electron chi connectivity index (χ3n) is 5.55. The van der Waals surface area contributed by atoms with E-state index in [2.05, 4.69) is 10.6 Å². The fourth-order valence-corrected chi connectivity index (χ4v) is 3.88. The van der Waals surface area contributed by atoms with Crippen molar-refractivity contribution in [3.8, 4) is 5.69 Å². The molecule has 2 unspecified atom stereocenters. The van der Waals surface area contributed by atoms with E-state index >= 15 is 4.39 Å². The Labute approximate surface area is 176 Å². The summed E-state index contributed by atoms with van der Waals surface area (Å²) in [5, 5.41) is 4.73. The van der Waals surface area contributed by atoms with E-state index in [0.29, 0.717) is 11.4 Å². The standard InChI is InChI=1S/C22H22F4N4O/c1-3-6-14(2)21(23)19-13-29(30(19)21)16-11-9-15(10-12-16)27-20(31)28-18-8-5-4-7-17(18)22(24,25)26/h4-5,7-14H,3,6H2,1-2H3,(H2,27,28,31). The second-order valence-corrected chi connectivity index (χ2v) is 7.70. The topological polar surface area (TPSA) is 51.0 Å². The van der Waals surface area contributed by atoms with Gasteiger partial charge in [0.25, 0.3) is 0 Å². The number of carbonyl (C=O) groups excluding carboxylic acids is 1. The van der Waals surface area contributed by atoms with Gasteiger partial charge in [-0.15, -0.1) is 0 Å². The molecule has 3 aromatic rings. The number of fused-ring (bicyclic) bond motifs is 1. The highest BCUT2D eigenvalue weighted by molar-refractivity contribution is 6.00. The summed E-state index contributed by atoms with van der Waals surface area (Å²) in [5.74, 6) is -1.54. The average Bonchev–Trinajstić information content (AvgIpc) is 3.17. The zero-order valence-corrected chi connectivity index (χ0v) is 17.0. The van der Waals surface area contributed by atoms with Gasteiger partial charge in [0.2, 0.25) is 5.79 Å². The lowest BCUT2D eigenvalue weighted by Gasteiger charge is -2.15. The number of nitrogens with one attached hydrogen (secondary N) is 2. The van der Waals surface area contributed by atoms with Crippen LogP contribution < -0.4 is 10.6 Å². The molecule has 2 atom stereocenters. The van der Waals surface area contributed by atoms with E-state index < -0.39 is 23.6 Å². The van der Waals surface area contributed by atoms with E-state index in [-0.39, 0.29) is 11.6 Å². The molecule has 1 aliphatic rings. The molecule has 2 heterocycles. The smallest absolute Gasteiger partial charge is 0.308 e. The first kappa shape index (κ1) is 21.0. The van der Waals surface area contributed by atoms with Crippen LogP contribution in [0.2, 0.25) is 0 Å². The highest BCUT2D eigenvalue weighted by Crippen LogP contribution is 2.53. The zero-order chi connectivity index (χ0) is 22.4. The number of hydrogen-bond donors (Lipinski definition) is 2. The maximum Gasteiger partial charge on any atom is 0.418 e. The molecule has 2 aromatic carbocycles. The summed E-state index contributed by atoms with van der Waals surface area (Å²) in [6.07, 6.45) is -1.14.